The highest BCUT2D eigenvalue weighted by Gasteiger charge is 2.76. The molecule has 3 aliphatic heterocycles. The van der Waals surface area contributed by atoms with E-state index >= 15 is 0 Å². The minimum atomic E-state index is -0.796. The van der Waals surface area contributed by atoms with Crippen molar-refractivity contribution >= 4 is 40.5 Å². The number of thioether (sulfide) groups is 1. The fraction of sp³-hybridized carbons (Fsp3) is 0.667. The largest absolute Gasteiger partial charge is 0.394 e. The second-order valence-electron chi connectivity index (χ2n) is 11.0. The van der Waals surface area contributed by atoms with Crippen molar-refractivity contribution in [2.24, 2.45) is 23.7 Å². The van der Waals surface area contributed by atoms with E-state index in [1.807, 2.05) is 45.0 Å². The second kappa shape index (κ2) is 10.5. The average molecular weight is 543 g/mol. The summed E-state index contributed by atoms with van der Waals surface area (Å²) in [4.78, 5) is 43.4. The molecule has 11 heteroatoms. The van der Waals surface area contributed by atoms with Gasteiger partial charge in [0.15, 0.2) is 0 Å². The molecular formula is C27H38N6O4S. The van der Waals surface area contributed by atoms with Crippen molar-refractivity contribution in [1.82, 2.24) is 30.5 Å². The number of aromatic nitrogens is 3. The number of rotatable bonds is 10. The maximum absolute atomic E-state index is 14.3. The number of aliphatic hydroxyl groups is 1. The van der Waals surface area contributed by atoms with E-state index in [2.05, 4.69) is 27.9 Å². The number of hydrogen-bond donors (Lipinski definition) is 3. The van der Waals surface area contributed by atoms with Crippen LogP contribution in [0.2, 0.25) is 0 Å². The van der Waals surface area contributed by atoms with Gasteiger partial charge in [-0.05, 0) is 36.8 Å². The molecule has 0 radical (unpaired) electrons. The van der Waals surface area contributed by atoms with E-state index in [0.29, 0.717) is 6.54 Å². The molecule has 1 aromatic carbocycles. The third kappa shape index (κ3) is 4.00. The van der Waals surface area contributed by atoms with Crippen LogP contribution in [0.25, 0.3) is 11.0 Å². The Morgan fingerprint density at radius 3 is 2.71 bits per heavy atom. The molecule has 3 aliphatic rings. The Kier molecular flexibility index (Phi) is 7.43. The Morgan fingerprint density at radius 2 is 2.00 bits per heavy atom. The van der Waals surface area contributed by atoms with Crippen molar-refractivity contribution in [3.8, 4) is 0 Å². The summed E-state index contributed by atoms with van der Waals surface area (Å²) < 4.78 is 0.900. The molecule has 206 valence electrons. The smallest absolute Gasteiger partial charge is 0.245 e. The third-order valence-corrected chi connectivity index (χ3v) is 11.0. The molecular weight excluding hydrogens is 504 g/mol. The predicted octanol–water partition coefficient (Wildman–Crippen LogP) is 1.78. The van der Waals surface area contributed by atoms with Crippen LogP contribution in [0.15, 0.2) is 24.3 Å². The Labute approximate surface area is 227 Å². The Morgan fingerprint density at radius 1 is 1.24 bits per heavy atom. The molecule has 3 N–H and O–H groups in total. The van der Waals surface area contributed by atoms with E-state index in [4.69, 9.17) is 0 Å². The maximum Gasteiger partial charge on any atom is 0.245 e. The molecule has 0 aliphatic carbocycles. The molecule has 10 nitrogen and oxygen atoms in total. The highest BCUT2D eigenvalue weighted by atomic mass is 32.2. The zero-order chi connectivity index (χ0) is 27.2. The van der Waals surface area contributed by atoms with Gasteiger partial charge in [-0.15, -0.1) is 16.9 Å². The number of aliphatic hydroxyl groups excluding tert-OH is 1. The summed E-state index contributed by atoms with van der Waals surface area (Å²) in [6.45, 7) is 8.53. The monoisotopic (exact) mass is 542 g/mol. The van der Waals surface area contributed by atoms with E-state index in [-0.39, 0.29) is 48.1 Å². The minimum absolute atomic E-state index is 0.0105. The zero-order valence-corrected chi connectivity index (χ0v) is 23.3. The summed E-state index contributed by atoms with van der Waals surface area (Å²) in [6, 6.07) is 6.22. The predicted molar refractivity (Wildman–Crippen MR) is 145 cm³/mol. The van der Waals surface area contributed by atoms with Gasteiger partial charge in [0.25, 0.3) is 0 Å². The number of likely N-dealkylation sites (tertiary alicyclic amines) is 1. The van der Waals surface area contributed by atoms with Crippen LogP contribution in [0.4, 0.5) is 0 Å². The second-order valence-corrected chi connectivity index (χ2v) is 12.5. The molecule has 3 saturated heterocycles. The highest BCUT2D eigenvalue weighted by molar-refractivity contribution is 8.02. The number of nitrogens with zero attached hydrogens (tertiary/aromatic N) is 4. The molecule has 3 unspecified atom stereocenters. The van der Waals surface area contributed by atoms with Crippen LogP contribution in [0.5, 0.6) is 0 Å². The van der Waals surface area contributed by atoms with Gasteiger partial charge in [-0.2, -0.15) is 0 Å². The first-order valence-electron chi connectivity index (χ1n) is 13.7. The summed E-state index contributed by atoms with van der Waals surface area (Å²) in [5.74, 6) is -1.60. The average Bonchev–Trinajstić information content (AvgIpc) is 3.64. The summed E-state index contributed by atoms with van der Waals surface area (Å²) >= 11 is 1.64. The van der Waals surface area contributed by atoms with Gasteiger partial charge in [0.2, 0.25) is 17.7 Å². The van der Waals surface area contributed by atoms with Gasteiger partial charge in [-0.1, -0.05) is 51.5 Å². The molecule has 3 fully saturated rings. The molecule has 0 saturated carbocycles. The molecule has 5 rings (SSSR count). The van der Waals surface area contributed by atoms with E-state index in [1.54, 1.807) is 21.3 Å². The number of carbonyl (C=O) groups is 3. The van der Waals surface area contributed by atoms with Crippen molar-refractivity contribution < 1.29 is 19.5 Å². The topological polar surface area (TPSA) is 129 Å². The third-order valence-electron chi connectivity index (χ3n) is 8.95. The number of para-hydroxylation sites is 1. The Balaban J connectivity index is 1.51. The lowest BCUT2D eigenvalue weighted by atomic mass is 9.66. The molecule has 1 aromatic heterocycles. The van der Waals surface area contributed by atoms with Gasteiger partial charge in [0, 0.05) is 11.8 Å². The van der Waals surface area contributed by atoms with Crippen LogP contribution in [0.1, 0.15) is 47.0 Å². The van der Waals surface area contributed by atoms with E-state index in [0.717, 1.165) is 30.3 Å². The summed E-state index contributed by atoms with van der Waals surface area (Å²) in [6.07, 6.45) is 2.33. The highest BCUT2D eigenvalue weighted by Crippen LogP contribution is 2.68. The molecule has 2 bridgehead atoms. The van der Waals surface area contributed by atoms with Crippen molar-refractivity contribution in [1.29, 1.82) is 0 Å². The quantitative estimate of drug-likeness (QED) is 0.417. The van der Waals surface area contributed by atoms with Gasteiger partial charge in [-0.3, -0.25) is 14.4 Å². The van der Waals surface area contributed by atoms with Crippen molar-refractivity contribution in [3.63, 3.8) is 0 Å². The number of hydrogen-bond acceptors (Lipinski definition) is 7. The molecule has 8 atom stereocenters. The number of fused-ring (bicyclic) bond motifs is 2. The van der Waals surface area contributed by atoms with E-state index < -0.39 is 28.7 Å². The molecule has 4 heterocycles. The Bertz CT molecular complexity index is 1220. The first kappa shape index (κ1) is 26.9. The molecule has 1 spiro atoms. The number of carbonyl (C=O) groups excluding carboxylic acids is 3. The van der Waals surface area contributed by atoms with Crippen LogP contribution in [-0.4, -0.2) is 78.0 Å². The van der Waals surface area contributed by atoms with E-state index in [9.17, 15) is 19.5 Å². The van der Waals surface area contributed by atoms with Gasteiger partial charge in [0.1, 0.15) is 18.2 Å². The van der Waals surface area contributed by atoms with Gasteiger partial charge in [0.05, 0.1) is 34.7 Å². The van der Waals surface area contributed by atoms with Crippen LogP contribution in [0, 0.1) is 23.7 Å². The van der Waals surface area contributed by atoms with Crippen LogP contribution in [0.3, 0.4) is 0 Å². The minimum Gasteiger partial charge on any atom is -0.394 e. The fourth-order valence-electron chi connectivity index (χ4n) is 6.88. The first-order valence-corrected chi connectivity index (χ1v) is 14.6. The first-order chi connectivity index (χ1) is 18.3. The lowest BCUT2D eigenvalue weighted by Gasteiger charge is -2.41. The van der Waals surface area contributed by atoms with Crippen molar-refractivity contribution in [2.45, 2.75) is 75.7 Å². The number of benzene rings is 1. The summed E-state index contributed by atoms with van der Waals surface area (Å²) in [5.41, 5.74) is 1.53. The lowest BCUT2D eigenvalue weighted by Crippen LogP contribution is -2.59. The van der Waals surface area contributed by atoms with Crippen LogP contribution >= 0.6 is 11.8 Å². The van der Waals surface area contributed by atoms with Gasteiger partial charge >= 0.3 is 0 Å². The van der Waals surface area contributed by atoms with Crippen molar-refractivity contribution in [2.75, 3.05) is 13.2 Å². The molecule has 2 aromatic rings. The van der Waals surface area contributed by atoms with Gasteiger partial charge < -0.3 is 20.6 Å². The Hall–Kier alpha value is -2.66. The number of amides is 3. The maximum atomic E-state index is 14.3. The van der Waals surface area contributed by atoms with Crippen molar-refractivity contribution in [3.05, 3.63) is 24.3 Å². The van der Waals surface area contributed by atoms with Crippen LogP contribution in [-0.2, 0) is 21.1 Å². The molecule has 3 amide bonds. The van der Waals surface area contributed by atoms with E-state index in [1.165, 1.54) is 0 Å². The normalized spacial score (nSPS) is 31.4. The fourth-order valence-corrected chi connectivity index (χ4v) is 9.29. The summed E-state index contributed by atoms with van der Waals surface area (Å²) in [5, 5.41) is 24.8. The standard InChI is InChI=1S/C27H38N6O4S/c1-5-11-28-24(35)21-20-12-16(4)27(38-20)22(21)26(37)33(19(13-34)15(3)6-2)23(27)25(36)29-14-32-18-10-8-7-9-17(18)30-31-32/h7-10,15-16,19-23,34H,5-6,11-14H2,1-4H3,(H,28,35)(H,29,36)/t15-,16?,19-,20+,21-,22-,23?,27?/m0/s1. The SMILES string of the molecule is CCCNC(=O)[C@@H]1[C@H]2C(=O)N([C@@H](CO)[C@@H](C)CC)C(C(=O)NCn3nnc4ccccc43)C23S[C@@H]1CC3C. The lowest BCUT2D eigenvalue weighted by molar-refractivity contribution is -0.144. The van der Waals surface area contributed by atoms with Crippen LogP contribution < -0.4 is 10.6 Å². The van der Waals surface area contributed by atoms with Gasteiger partial charge in [-0.25, -0.2) is 4.68 Å². The molecule has 38 heavy (non-hydrogen) atoms. The summed E-state index contributed by atoms with van der Waals surface area (Å²) in [7, 11) is 0. The zero-order valence-electron chi connectivity index (χ0n) is 22.5. The number of nitrogens with one attached hydrogen (secondary N) is 2.